The van der Waals surface area contributed by atoms with Crippen LogP contribution >= 0.6 is 34.7 Å². The predicted molar refractivity (Wildman–Crippen MR) is 95.6 cm³/mol. The molecule has 0 fully saturated rings. The van der Waals surface area contributed by atoms with Crippen LogP contribution in [0.25, 0.3) is 0 Å². The number of carbonyl (C=O) groups excluding carboxylic acids is 1. The Balaban J connectivity index is 1.75. The Morgan fingerprint density at radius 3 is 2.73 bits per heavy atom. The van der Waals surface area contributed by atoms with E-state index in [1.165, 1.54) is 5.56 Å². The van der Waals surface area contributed by atoms with Crippen molar-refractivity contribution >= 4 is 40.6 Å². The van der Waals surface area contributed by atoms with E-state index in [2.05, 4.69) is 11.9 Å². The molecule has 118 valence electrons. The first kappa shape index (κ1) is 17.3. The lowest BCUT2D eigenvalue weighted by Crippen LogP contribution is -2.28. The summed E-state index contributed by atoms with van der Waals surface area (Å²) in [5.41, 5.74) is 2.15. The van der Waals surface area contributed by atoms with E-state index in [0.717, 1.165) is 27.9 Å². The van der Waals surface area contributed by atoms with Crippen molar-refractivity contribution in [2.45, 2.75) is 25.6 Å². The van der Waals surface area contributed by atoms with Crippen molar-refractivity contribution < 1.29 is 4.79 Å². The van der Waals surface area contributed by atoms with Gasteiger partial charge in [0.05, 0.1) is 23.0 Å². The van der Waals surface area contributed by atoms with Gasteiger partial charge in [-0.05, 0) is 24.1 Å². The smallest absolute Gasteiger partial charge is 0.232 e. The number of thiazole rings is 1. The minimum absolute atomic E-state index is 0.130. The molecule has 22 heavy (non-hydrogen) atoms. The molecule has 1 heterocycles. The van der Waals surface area contributed by atoms with Crippen LogP contribution in [0.5, 0.6) is 0 Å². The Bertz CT molecular complexity index is 613. The molecule has 2 aromatic rings. The van der Waals surface area contributed by atoms with Crippen LogP contribution in [-0.2, 0) is 23.5 Å². The number of aryl methyl sites for hydroxylation is 1. The molecule has 0 saturated heterocycles. The van der Waals surface area contributed by atoms with Gasteiger partial charge in [-0.3, -0.25) is 4.79 Å². The van der Waals surface area contributed by atoms with Gasteiger partial charge in [-0.2, -0.15) is 0 Å². The molecule has 0 unspecified atom stereocenters. The third-order valence-electron chi connectivity index (χ3n) is 3.13. The van der Waals surface area contributed by atoms with Gasteiger partial charge in [0.1, 0.15) is 0 Å². The third-order valence-corrected chi connectivity index (χ3v) is 5.42. The first-order chi connectivity index (χ1) is 10.6. The van der Waals surface area contributed by atoms with Crippen LogP contribution in [0.2, 0.25) is 5.02 Å². The van der Waals surface area contributed by atoms with E-state index in [0.29, 0.717) is 12.3 Å². The molecule has 0 aliphatic heterocycles. The minimum Gasteiger partial charge on any atom is -0.339 e. The van der Waals surface area contributed by atoms with Gasteiger partial charge in [-0.1, -0.05) is 30.7 Å². The molecule has 0 spiro atoms. The van der Waals surface area contributed by atoms with Crippen molar-refractivity contribution in [1.29, 1.82) is 0 Å². The van der Waals surface area contributed by atoms with Crippen molar-refractivity contribution in [3.63, 3.8) is 0 Å². The highest BCUT2D eigenvalue weighted by Crippen LogP contribution is 2.16. The van der Waals surface area contributed by atoms with Crippen molar-refractivity contribution in [1.82, 2.24) is 9.88 Å². The second-order valence-electron chi connectivity index (χ2n) is 4.96. The highest BCUT2D eigenvalue weighted by molar-refractivity contribution is 7.99. The van der Waals surface area contributed by atoms with E-state index in [4.69, 9.17) is 11.6 Å². The maximum Gasteiger partial charge on any atom is 0.232 e. The molecule has 0 bridgehead atoms. The molecule has 0 radical (unpaired) electrons. The first-order valence-corrected chi connectivity index (χ1v) is 9.49. The number of thioether (sulfide) groups is 1. The number of hydrogen-bond donors (Lipinski definition) is 0. The van der Waals surface area contributed by atoms with Crippen LogP contribution in [0.1, 0.15) is 23.2 Å². The number of hydrogen-bond acceptors (Lipinski definition) is 4. The normalized spacial score (nSPS) is 10.7. The minimum atomic E-state index is 0.130. The van der Waals surface area contributed by atoms with Crippen molar-refractivity contribution in [2.75, 3.05) is 12.8 Å². The van der Waals surface area contributed by atoms with Crippen molar-refractivity contribution in [3.8, 4) is 0 Å². The quantitative estimate of drug-likeness (QED) is 0.745. The number of halogens is 1. The fourth-order valence-corrected chi connectivity index (χ4v) is 3.65. The van der Waals surface area contributed by atoms with E-state index in [-0.39, 0.29) is 5.91 Å². The van der Waals surface area contributed by atoms with Gasteiger partial charge in [0.2, 0.25) is 5.91 Å². The molecular weight excluding hydrogens is 336 g/mol. The zero-order chi connectivity index (χ0) is 15.9. The van der Waals surface area contributed by atoms with Gasteiger partial charge in [-0.25, -0.2) is 4.98 Å². The van der Waals surface area contributed by atoms with Gasteiger partial charge in [-0.15, -0.1) is 23.1 Å². The Kier molecular flexibility index (Phi) is 6.73. The predicted octanol–water partition coefficient (Wildman–Crippen LogP) is 4.25. The van der Waals surface area contributed by atoms with Gasteiger partial charge in [0, 0.05) is 23.2 Å². The second kappa shape index (κ2) is 8.56. The van der Waals surface area contributed by atoms with Gasteiger partial charge in [0.15, 0.2) is 0 Å². The van der Waals surface area contributed by atoms with Crippen LogP contribution in [0, 0.1) is 0 Å². The molecular formula is C16H19ClN2OS2. The largest absolute Gasteiger partial charge is 0.339 e. The van der Waals surface area contributed by atoms with E-state index in [9.17, 15) is 4.79 Å². The van der Waals surface area contributed by atoms with Crippen LogP contribution in [0.4, 0.5) is 0 Å². The number of nitrogens with zero attached hydrogens (tertiary/aromatic N) is 2. The molecule has 0 aliphatic carbocycles. The standard InChI is InChI=1S/C16H19ClN2OS2/c1-3-15-18-14(10-22-15)8-19(2)16(20)11-21-9-12-4-6-13(17)7-5-12/h4-7,10H,3,8-9,11H2,1-2H3. The number of amides is 1. The van der Waals surface area contributed by atoms with Crippen LogP contribution in [0.15, 0.2) is 29.6 Å². The number of aromatic nitrogens is 1. The summed E-state index contributed by atoms with van der Waals surface area (Å²) in [6.07, 6.45) is 0.944. The maximum absolute atomic E-state index is 12.1. The number of rotatable bonds is 7. The summed E-state index contributed by atoms with van der Waals surface area (Å²) in [5.74, 6) is 1.42. The van der Waals surface area contributed by atoms with E-state index >= 15 is 0 Å². The van der Waals surface area contributed by atoms with E-state index in [1.54, 1.807) is 28.0 Å². The molecule has 6 heteroatoms. The fourth-order valence-electron chi connectivity index (χ4n) is 1.86. The fraction of sp³-hybridized carbons (Fsp3) is 0.375. The van der Waals surface area contributed by atoms with Crippen LogP contribution in [-0.4, -0.2) is 28.6 Å². The van der Waals surface area contributed by atoms with Crippen LogP contribution < -0.4 is 0 Å². The lowest BCUT2D eigenvalue weighted by atomic mass is 10.2. The molecule has 0 saturated carbocycles. The molecule has 0 aliphatic rings. The molecule has 0 N–H and O–H groups in total. The monoisotopic (exact) mass is 354 g/mol. The lowest BCUT2D eigenvalue weighted by Gasteiger charge is -2.15. The Morgan fingerprint density at radius 2 is 2.09 bits per heavy atom. The highest BCUT2D eigenvalue weighted by Gasteiger charge is 2.11. The Morgan fingerprint density at radius 1 is 1.36 bits per heavy atom. The molecule has 3 nitrogen and oxygen atoms in total. The third kappa shape index (κ3) is 5.30. The van der Waals surface area contributed by atoms with Crippen molar-refractivity contribution in [2.24, 2.45) is 0 Å². The number of benzene rings is 1. The second-order valence-corrected chi connectivity index (χ2v) is 7.32. The zero-order valence-corrected chi connectivity index (χ0v) is 15.1. The Labute approximate surface area is 144 Å². The summed E-state index contributed by atoms with van der Waals surface area (Å²) in [6, 6.07) is 7.73. The summed E-state index contributed by atoms with van der Waals surface area (Å²) in [4.78, 5) is 18.4. The molecule has 1 aromatic carbocycles. The van der Waals surface area contributed by atoms with Crippen LogP contribution in [0.3, 0.4) is 0 Å². The topological polar surface area (TPSA) is 33.2 Å². The summed E-state index contributed by atoms with van der Waals surface area (Å²) < 4.78 is 0. The maximum atomic E-state index is 12.1. The average Bonchev–Trinajstić information content (AvgIpc) is 2.96. The van der Waals surface area contributed by atoms with E-state index < -0.39 is 0 Å². The Hall–Kier alpha value is -1.04. The molecule has 1 aromatic heterocycles. The van der Waals surface area contributed by atoms with E-state index in [1.807, 2.05) is 36.7 Å². The highest BCUT2D eigenvalue weighted by atomic mass is 35.5. The summed E-state index contributed by atoms with van der Waals surface area (Å²) >= 11 is 9.13. The summed E-state index contributed by atoms with van der Waals surface area (Å²) in [7, 11) is 1.83. The van der Waals surface area contributed by atoms with Gasteiger partial charge < -0.3 is 4.90 Å². The lowest BCUT2D eigenvalue weighted by molar-refractivity contribution is -0.127. The molecule has 2 rings (SSSR count). The first-order valence-electron chi connectivity index (χ1n) is 7.08. The average molecular weight is 355 g/mol. The van der Waals surface area contributed by atoms with Gasteiger partial charge >= 0.3 is 0 Å². The van der Waals surface area contributed by atoms with Crippen molar-refractivity contribution in [3.05, 3.63) is 50.9 Å². The molecule has 1 amide bonds. The SMILES string of the molecule is CCc1nc(CN(C)C(=O)CSCc2ccc(Cl)cc2)cs1. The summed E-state index contributed by atoms with van der Waals surface area (Å²) in [6.45, 7) is 2.67. The molecule has 0 atom stereocenters. The summed E-state index contributed by atoms with van der Waals surface area (Å²) in [5, 5.41) is 3.89. The number of carbonyl (C=O) groups is 1. The zero-order valence-electron chi connectivity index (χ0n) is 12.7. The van der Waals surface area contributed by atoms with Gasteiger partial charge in [0.25, 0.3) is 0 Å².